The maximum absolute atomic E-state index is 5.47. The zero-order valence-corrected chi connectivity index (χ0v) is 14.0. The topological polar surface area (TPSA) is 28.3 Å². The number of rotatable bonds is 4. The van der Waals surface area contributed by atoms with Crippen LogP contribution in [0.4, 0.5) is 0 Å². The number of ether oxygens (including phenoxy) is 1. The Balaban J connectivity index is 1.59. The van der Waals surface area contributed by atoms with Crippen LogP contribution in [0.1, 0.15) is 17.5 Å². The zero-order valence-electron chi connectivity index (χ0n) is 14.0. The highest BCUT2D eigenvalue weighted by molar-refractivity contribution is 5.96. The molecule has 3 heteroatoms. The van der Waals surface area contributed by atoms with Gasteiger partial charge in [-0.1, -0.05) is 48.5 Å². The number of hydrogen-bond donors (Lipinski definition) is 1. The maximum Gasteiger partial charge on any atom is 0.142 e. The molecule has 3 aromatic rings. The van der Waals surface area contributed by atoms with E-state index >= 15 is 0 Å². The van der Waals surface area contributed by atoms with E-state index in [0.29, 0.717) is 0 Å². The summed E-state index contributed by atoms with van der Waals surface area (Å²) in [6, 6.07) is 16.9. The minimum Gasteiger partial charge on any atom is -0.495 e. The van der Waals surface area contributed by atoms with Crippen molar-refractivity contribution in [1.29, 1.82) is 0 Å². The normalized spacial score (nSPS) is 15.5. The number of methoxy groups -OCH3 is 1. The van der Waals surface area contributed by atoms with Gasteiger partial charge in [0.15, 0.2) is 0 Å². The van der Waals surface area contributed by atoms with E-state index in [-0.39, 0.29) is 0 Å². The van der Waals surface area contributed by atoms with Crippen LogP contribution in [0.25, 0.3) is 16.5 Å². The van der Waals surface area contributed by atoms with Crippen molar-refractivity contribution in [2.24, 2.45) is 0 Å². The third-order valence-electron chi connectivity index (χ3n) is 4.72. The van der Waals surface area contributed by atoms with Gasteiger partial charge in [-0.15, -0.1) is 0 Å². The smallest absolute Gasteiger partial charge is 0.142 e. The van der Waals surface area contributed by atoms with Crippen molar-refractivity contribution in [3.05, 3.63) is 71.9 Å². The van der Waals surface area contributed by atoms with Gasteiger partial charge in [-0.05, 0) is 23.6 Å². The van der Waals surface area contributed by atoms with Gasteiger partial charge in [0.25, 0.3) is 0 Å². The molecule has 122 valence electrons. The molecule has 3 nitrogen and oxygen atoms in total. The van der Waals surface area contributed by atoms with Gasteiger partial charge in [-0.3, -0.25) is 4.90 Å². The number of aromatic amines is 1. The van der Waals surface area contributed by atoms with Crippen molar-refractivity contribution in [2.45, 2.75) is 13.0 Å². The van der Waals surface area contributed by atoms with Crippen molar-refractivity contribution in [3.63, 3.8) is 0 Å². The predicted molar refractivity (Wildman–Crippen MR) is 99.2 cm³/mol. The highest BCUT2D eigenvalue weighted by Crippen LogP contribution is 2.32. The second kappa shape index (κ2) is 6.54. The molecule has 0 saturated carbocycles. The number of nitrogens with zero attached hydrogens (tertiary/aromatic N) is 1. The molecule has 0 spiro atoms. The summed E-state index contributed by atoms with van der Waals surface area (Å²) in [7, 11) is 1.72. The van der Waals surface area contributed by atoms with Crippen LogP contribution >= 0.6 is 0 Å². The SMILES string of the molecule is COc1cccc2c(C3=CCCN(Cc4ccccc4)C3)c[nH]c12. The van der Waals surface area contributed by atoms with Crippen LogP contribution < -0.4 is 4.74 Å². The molecule has 0 radical (unpaired) electrons. The first kappa shape index (κ1) is 15.0. The van der Waals surface area contributed by atoms with E-state index in [0.717, 1.165) is 37.3 Å². The summed E-state index contributed by atoms with van der Waals surface area (Å²) in [5.74, 6) is 0.899. The van der Waals surface area contributed by atoms with E-state index in [1.54, 1.807) is 7.11 Å². The average Bonchev–Trinajstić information content (AvgIpc) is 3.07. The standard InChI is InChI=1S/C21H22N2O/c1-24-20-11-5-10-18-19(13-22-21(18)20)17-9-6-12-23(15-17)14-16-7-3-2-4-8-16/h2-5,7-11,13,22H,6,12,14-15H2,1H3. The van der Waals surface area contributed by atoms with Gasteiger partial charge in [0, 0.05) is 36.8 Å². The Morgan fingerprint density at radius 3 is 2.79 bits per heavy atom. The lowest BCUT2D eigenvalue weighted by molar-refractivity contribution is 0.296. The Bertz CT molecular complexity index is 864. The van der Waals surface area contributed by atoms with Gasteiger partial charge in [0.2, 0.25) is 0 Å². The fourth-order valence-electron chi connectivity index (χ4n) is 3.54. The van der Waals surface area contributed by atoms with E-state index in [1.807, 2.05) is 6.07 Å². The van der Waals surface area contributed by atoms with E-state index < -0.39 is 0 Å². The molecule has 0 amide bonds. The van der Waals surface area contributed by atoms with E-state index in [1.165, 1.54) is 22.1 Å². The number of H-pyrrole nitrogens is 1. The van der Waals surface area contributed by atoms with Crippen LogP contribution in [0, 0.1) is 0 Å². The molecule has 24 heavy (non-hydrogen) atoms. The summed E-state index contributed by atoms with van der Waals surface area (Å²) in [4.78, 5) is 5.90. The molecule has 0 atom stereocenters. The van der Waals surface area contributed by atoms with Gasteiger partial charge in [-0.2, -0.15) is 0 Å². The van der Waals surface area contributed by atoms with Gasteiger partial charge in [0.05, 0.1) is 12.6 Å². The second-order valence-electron chi connectivity index (χ2n) is 6.30. The van der Waals surface area contributed by atoms with E-state index in [4.69, 9.17) is 4.74 Å². The molecule has 0 fully saturated rings. The van der Waals surface area contributed by atoms with Crippen LogP contribution in [0.5, 0.6) is 5.75 Å². The Morgan fingerprint density at radius 2 is 1.96 bits per heavy atom. The summed E-state index contributed by atoms with van der Waals surface area (Å²) < 4.78 is 5.47. The fraction of sp³-hybridized carbons (Fsp3) is 0.238. The van der Waals surface area contributed by atoms with Crippen LogP contribution in [0.3, 0.4) is 0 Å². The van der Waals surface area contributed by atoms with Crippen molar-refractivity contribution < 1.29 is 4.74 Å². The first-order chi connectivity index (χ1) is 11.8. The fourth-order valence-corrected chi connectivity index (χ4v) is 3.54. The highest BCUT2D eigenvalue weighted by Gasteiger charge is 2.17. The lowest BCUT2D eigenvalue weighted by atomic mass is 10.00. The van der Waals surface area contributed by atoms with Crippen LogP contribution in [-0.4, -0.2) is 30.1 Å². The lowest BCUT2D eigenvalue weighted by Crippen LogP contribution is -2.28. The third-order valence-corrected chi connectivity index (χ3v) is 4.72. The third kappa shape index (κ3) is 2.83. The molecule has 4 rings (SSSR count). The van der Waals surface area contributed by atoms with Gasteiger partial charge >= 0.3 is 0 Å². The molecule has 0 unspecified atom stereocenters. The minimum absolute atomic E-state index is 0.899. The van der Waals surface area contributed by atoms with E-state index in [2.05, 4.69) is 64.6 Å². The Kier molecular flexibility index (Phi) is 4.09. The van der Waals surface area contributed by atoms with Crippen LogP contribution in [0.15, 0.2) is 60.8 Å². The molecule has 0 aliphatic carbocycles. The van der Waals surface area contributed by atoms with Crippen molar-refractivity contribution in [2.75, 3.05) is 20.2 Å². The summed E-state index contributed by atoms with van der Waals surface area (Å²) in [6.07, 6.45) is 5.59. The quantitative estimate of drug-likeness (QED) is 0.769. The number of benzene rings is 2. The van der Waals surface area contributed by atoms with Gasteiger partial charge in [-0.25, -0.2) is 0 Å². The van der Waals surface area contributed by atoms with Crippen molar-refractivity contribution in [1.82, 2.24) is 9.88 Å². The average molecular weight is 318 g/mol. The van der Waals surface area contributed by atoms with Crippen molar-refractivity contribution >= 4 is 16.5 Å². The summed E-state index contributed by atoms with van der Waals surface area (Å²) in [5.41, 5.74) is 5.15. The molecule has 1 N–H and O–H groups in total. The number of para-hydroxylation sites is 1. The molecule has 0 saturated heterocycles. The highest BCUT2D eigenvalue weighted by atomic mass is 16.5. The summed E-state index contributed by atoms with van der Waals surface area (Å²) in [6.45, 7) is 3.10. The first-order valence-corrected chi connectivity index (χ1v) is 8.45. The second-order valence-corrected chi connectivity index (χ2v) is 6.30. The number of aromatic nitrogens is 1. The lowest BCUT2D eigenvalue weighted by Gasteiger charge is -2.27. The van der Waals surface area contributed by atoms with E-state index in [9.17, 15) is 0 Å². The monoisotopic (exact) mass is 318 g/mol. The van der Waals surface area contributed by atoms with Gasteiger partial charge < -0.3 is 9.72 Å². The summed E-state index contributed by atoms with van der Waals surface area (Å²) >= 11 is 0. The Morgan fingerprint density at radius 1 is 1.08 bits per heavy atom. The molecule has 2 aromatic carbocycles. The number of nitrogens with one attached hydrogen (secondary N) is 1. The van der Waals surface area contributed by atoms with Crippen LogP contribution in [0.2, 0.25) is 0 Å². The molecule has 2 heterocycles. The minimum atomic E-state index is 0.899. The van der Waals surface area contributed by atoms with Crippen molar-refractivity contribution in [3.8, 4) is 5.75 Å². The molecule has 1 aliphatic rings. The molecular weight excluding hydrogens is 296 g/mol. The Hall–Kier alpha value is -2.52. The first-order valence-electron chi connectivity index (χ1n) is 8.45. The van der Waals surface area contributed by atoms with Crippen LogP contribution in [-0.2, 0) is 6.54 Å². The Labute approximate surface area is 142 Å². The number of hydrogen-bond acceptors (Lipinski definition) is 2. The molecule has 1 aromatic heterocycles. The number of fused-ring (bicyclic) bond motifs is 1. The molecule has 1 aliphatic heterocycles. The van der Waals surface area contributed by atoms with Gasteiger partial charge in [0.1, 0.15) is 5.75 Å². The summed E-state index contributed by atoms with van der Waals surface area (Å²) in [5, 5.41) is 1.24. The zero-order chi connectivity index (χ0) is 16.4. The molecule has 0 bridgehead atoms. The maximum atomic E-state index is 5.47. The predicted octanol–water partition coefficient (Wildman–Crippen LogP) is 4.47. The molecular formula is C21H22N2O. The largest absolute Gasteiger partial charge is 0.495 e.